The van der Waals surface area contributed by atoms with Crippen molar-refractivity contribution >= 4 is 29.0 Å². The molecule has 0 unspecified atom stereocenters. The molecular weight excluding hydrogens is 308 g/mol. The van der Waals surface area contributed by atoms with E-state index in [-0.39, 0.29) is 5.91 Å². The maximum Gasteiger partial charge on any atom is 0.243 e. The van der Waals surface area contributed by atoms with Gasteiger partial charge in [0, 0.05) is 17.2 Å². The van der Waals surface area contributed by atoms with Gasteiger partial charge in [-0.3, -0.25) is 4.79 Å². The lowest BCUT2D eigenvalue weighted by atomic mass is 10.2. The number of benzene rings is 2. The van der Waals surface area contributed by atoms with Crippen LogP contribution < -0.4 is 15.0 Å². The summed E-state index contributed by atoms with van der Waals surface area (Å²) in [6, 6.07) is 14.0. The van der Waals surface area contributed by atoms with Crippen molar-refractivity contribution in [1.29, 1.82) is 0 Å². The maximum absolute atomic E-state index is 12.5. The van der Waals surface area contributed by atoms with E-state index in [2.05, 4.69) is 22.3 Å². The zero-order valence-corrected chi connectivity index (χ0v) is 14.2. The number of carbonyl (C=O) groups is 1. The summed E-state index contributed by atoms with van der Waals surface area (Å²) >= 11 is 1.84. The Kier molecular flexibility index (Phi) is 4.76. The molecule has 0 aliphatic carbocycles. The van der Waals surface area contributed by atoms with E-state index >= 15 is 0 Å². The minimum atomic E-state index is -0.0318. The Morgan fingerprint density at radius 2 is 2.13 bits per heavy atom. The summed E-state index contributed by atoms with van der Waals surface area (Å²) in [6.45, 7) is 3.21. The lowest BCUT2D eigenvalue weighted by Gasteiger charge is -2.30. The quantitative estimate of drug-likeness (QED) is 0.932. The van der Waals surface area contributed by atoms with Gasteiger partial charge >= 0.3 is 0 Å². The second-order valence-electron chi connectivity index (χ2n) is 5.49. The molecule has 0 bridgehead atoms. The second-order valence-corrected chi connectivity index (χ2v) is 6.63. The van der Waals surface area contributed by atoms with Crippen LogP contribution >= 0.6 is 11.8 Å². The van der Waals surface area contributed by atoms with Crippen molar-refractivity contribution < 1.29 is 9.53 Å². The third-order valence-corrected chi connectivity index (χ3v) is 4.83. The number of nitrogens with one attached hydrogen (secondary N) is 1. The van der Waals surface area contributed by atoms with Crippen LogP contribution in [-0.4, -0.2) is 31.9 Å². The largest absolute Gasteiger partial charge is 0.495 e. The molecule has 23 heavy (non-hydrogen) atoms. The van der Waals surface area contributed by atoms with Gasteiger partial charge in [0.25, 0.3) is 0 Å². The number of ether oxygens (including phenoxy) is 1. The van der Waals surface area contributed by atoms with Crippen molar-refractivity contribution in [2.75, 3.05) is 36.2 Å². The summed E-state index contributed by atoms with van der Waals surface area (Å²) in [6.07, 6.45) is 0. The molecule has 1 N–H and O–H groups in total. The lowest BCUT2D eigenvalue weighted by molar-refractivity contribution is -0.115. The smallest absolute Gasteiger partial charge is 0.243 e. The third kappa shape index (κ3) is 3.62. The highest BCUT2D eigenvalue weighted by molar-refractivity contribution is 7.99. The Morgan fingerprint density at radius 1 is 1.30 bits per heavy atom. The molecule has 3 rings (SSSR count). The first-order valence-corrected chi connectivity index (χ1v) is 8.57. The van der Waals surface area contributed by atoms with E-state index in [1.807, 2.05) is 49.0 Å². The van der Waals surface area contributed by atoms with Crippen LogP contribution in [0.5, 0.6) is 5.75 Å². The first-order chi connectivity index (χ1) is 11.2. The van der Waals surface area contributed by atoms with Crippen LogP contribution in [0.15, 0.2) is 47.4 Å². The van der Waals surface area contributed by atoms with E-state index in [4.69, 9.17) is 4.74 Å². The number of para-hydroxylation sites is 1. The lowest BCUT2D eigenvalue weighted by Crippen LogP contribution is -2.36. The predicted octanol–water partition coefficient (Wildman–Crippen LogP) is 3.55. The zero-order chi connectivity index (χ0) is 16.2. The van der Waals surface area contributed by atoms with E-state index in [1.54, 1.807) is 7.11 Å². The van der Waals surface area contributed by atoms with E-state index < -0.39 is 0 Å². The number of rotatable bonds is 4. The Hall–Kier alpha value is -2.14. The van der Waals surface area contributed by atoms with Crippen LogP contribution in [-0.2, 0) is 4.79 Å². The van der Waals surface area contributed by atoms with Crippen LogP contribution in [0.25, 0.3) is 0 Å². The van der Waals surface area contributed by atoms with Crippen molar-refractivity contribution in [3.8, 4) is 5.75 Å². The highest BCUT2D eigenvalue weighted by atomic mass is 32.2. The summed E-state index contributed by atoms with van der Waals surface area (Å²) < 4.78 is 5.32. The Balaban J connectivity index is 1.73. The van der Waals surface area contributed by atoms with Gasteiger partial charge in [-0.25, -0.2) is 0 Å². The van der Waals surface area contributed by atoms with Gasteiger partial charge < -0.3 is 15.0 Å². The van der Waals surface area contributed by atoms with Crippen LogP contribution in [0.4, 0.5) is 11.4 Å². The highest BCUT2D eigenvalue weighted by Crippen LogP contribution is 2.34. The average Bonchev–Trinajstić information content (AvgIpc) is 2.55. The Bertz CT molecular complexity index is 718. The number of hydrogen-bond donors (Lipinski definition) is 1. The van der Waals surface area contributed by atoms with Crippen LogP contribution in [0.3, 0.4) is 0 Å². The number of aryl methyl sites for hydroxylation is 1. The zero-order valence-electron chi connectivity index (χ0n) is 13.3. The van der Waals surface area contributed by atoms with E-state index in [9.17, 15) is 4.79 Å². The monoisotopic (exact) mass is 328 g/mol. The number of thioether (sulfide) groups is 1. The summed E-state index contributed by atoms with van der Waals surface area (Å²) in [5.74, 6) is 1.65. The van der Waals surface area contributed by atoms with Gasteiger partial charge in [-0.05, 0) is 36.8 Å². The second kappa shape index (κ2) is 6.96. The summed E-state index contributed by atoms with van der Waals surface area (Å²) in [5.41, 5.74) is 2.94. The molecule has 0 spiro atoms. The molecule has 2 aromatic carbocycles. The Morgan fingerprint density at radius 3 is 2.96 bits per heavy atom. The van der Waals surface area contributed by atoms with Gasteiger partial charge in [-0.2, -0.15) is 0 Å². The summed E-state index contributed by atoms with van der Waals surface area (Å²) in [4.78, 5) is 15.8. The fourth-order valence-electron chi connectivity index (χ4n) is 2.67. The molecule has 0 atom stereocenters. The molecule has 0 fully saturated rings. The van der Waals surface area contributed by atoms with Gasteiger partial charge in [0.05, 0.1) is 25.0 Å². The molecule has 0 aromatic heterocycles. The van der Waals surface area contributed by atoms with Crippen molar-refractivity contribution in [1.82, 2.24) is 0 Å². The summed E-state index contributed by atoms with van der Waals surface area (Å²) in [7, 11) is 1.61. The Labute approximate surface area is 140 Å². The first kappa shape index (κ1) is 15.7. The predicted molar refractivity (Wildman–Crippen MR) is 95.7 cm³/mol. The van der Waals surface area contributed by atoms with E-state index in [0.717, 1.165) is 29.2 Å². The van der Waals surface area contributed by atoms with Gasteiger partial charge in [0.15, 0.2) is 0 Å². The maximum atomic E-state index is 12.5. The van der Waals surface area contributed by atoms with Crippen molar-refractivity contribution in [3.05, 3.63) is 48.0 Å². The fourth-order valence-corrected chi connectivity index (χ4v) is 3.72. The number of amides is 1. The van der Waals surface area contributed by atoms with E-state index in [0.29, 0.717) is 12.3 Å². The van der Waals surface area contributed by atoms with Crippen molar-refractivity contribution in [3.63, 3.8) is 0 Å². The third-order valence-electron chi connectivity index (χ3n) is 3.79. The first-order valence-electron chi connectivity index (χ1n) is 7.58. The molecule has 5 heteroatoms. The molecule has 0 saturated carbocycles. The molecule has 0 radical (unpaired) electrons. The molecule has 1 amide bonds. The highest BCUT2D eigenvalue weighted by Gasteiger charge is 2.19. The van der Waals surface area contributed by atoms with Crippen LogP contribution in [0.2, 0.25) is 0 Å². The minimum Gasteiger partial charge on any atom is -0.495 e. The number of anilines is 2. The topological polar surface area (TPSA) is 41.6 Å². The SMILES string of the molecule is COc1ccc(C)cc1NC(=O)CN1CCSc2ccccc21. The number of nitrogens with zero attached hydrogens (tertiary/aromatic N) is 1. The molecule has 1 heterocycles. The number of carbonyl (C=O) groups excluding carboxylic acids is 1. The minimum absolute atomic E-state index is 0.0318. The number of hydrogen-bond acceptors (Lipinski definition) is 4. The number of fused-ring (bicyclic) bond motifs is 1. The van der Waals surface area contributed by atoms with Crippen LogP contribution in [0, 0.1) is 6.92 Å². The standard InChI is InChI=1S/C18H20N2O2S/c1-13-7-8-16(22-2)14(11-13)19-18(21)12-20-9-10-23-17-6-4-3-5-15(17)20/h3-8,11H,9-10,12H2,1-2H3,(H,19,21). The molecular formula is C18H20N2O2S. The van der Waals surface area contributed by atoms with Gasteiger partial charge in [0.2, 0.25) is 5.91 Å². The van der Waals surface area contributed by atoms with Gasteiger partial charge in [-0.15, -0.1) is 11.8 Å². The van der Waals surface area contributed by atoms with Gasteiger partial charge in [-0.1, -0.05) is 18.2 Å². The molecule has 4 nitrogen and oxygen atoms in total. The number of methoxy groups -OCH3 is 1. The normalized spacial score (nSPS) is 13.4. The summed E-state index contributed by atoms with van der Waals surface area (Å²) in [5, 5.41) is 2.97. The molecule has 1 aliphatic heterocycles. The molecule has 2 aromatic rings. The fraction of sp³-hybridized carbons (Fsp3) is 0.278. The van der Waals surface area contributed by atoms with Crippen molar-refractivity contribution in [2.24, 2.45) is 0 Å². The van der Waals surface area contributed by atoms with Gasteiger partial charge in [0.1, 0.15) is 5.75 Å². The van der Waals surface area contributed by atoms with Crippen LogP contribution in [0.1, 0.15) is 5.56 Å². The van der Waals surface area contributed by atoms with Crippen molar-refractivity contribution in [2.45, 2.75) is 11.8 Å². The molecule has 120 valence electrons. The van der Waals surface area contributed by atoms with E-state index in [1.165, 1.54) is 4.90 Å². The average molecular weight is 328 g/mol. The molecule has 0 saturated heterocycles. The molecule has 1 aliphatic rings.